The number of carboxylic acid groups (broad SMARTS) is 1. The fourth-order valence-electron chi connectivity index (χ4n) is 3.86. The first-order chi connectivity index (χ1) is 11.7. The molecule has 1 aliphatic heterocycles. The van der Waals surface area contributed by atoms with E-state index in [9.17, 15) is 4.79 Å². The van der Waals surface area contributed by atoms with E-state index < -0.39 is 5.97 Å². The molecule has 4 heteroatoms. The second-order valence-corrected chi connectivity index (χ2v) is 7.87. The Morgan fingerprint density at radius 1 is 1.08 bits per heavy atom. The molecule has 0 unspecified atom stereocenters. The number of aromatic carboxylic acids is 1. The summed E-state index contributed by atoms with van der Waals surface area (Å²) in [4.78, 5) is 11.0. The Morgan fingerprint density at radius 2 is 1.72 bits per heavy atom. The first-order valence-electron chi connectivity index (χ1n) is 8.48. The minimum Gasteiger partial charge on any atom is -0.478 e. The fraction of sp³-hybridized carbons (Fsp3) is 0.333. The number of nitrogens with zero attached hydrogens (tertiary/aromatic N) is 2. The van der Waals surface area contributed by atoms with Crippen LogP contribution in [0.3, 0.4) is 0 Å². The molecule has 0 bridgehead atoms. The van der Waals surface area contributed by atoms with Crippen LogP contribution in [0.5, 0.6) is 0 Å². The van der Waals surface area contributed by atoms with Crippen molar-refractivity contribution in [2.75, 3.05) is 5.01 Å². The molecule has 25 heavy (non-hydrogen) atoms. The minimum absolute atomic E-state index is 0.0925. The normalized spacial score (nSPS) is 18.2. The van der Waals surface area contributed by atoms with Crippen LogP contribution in [0, 0.1) is 0 Å². The van der Waals surface area contributed by atoms with Crippen LogP contribution in [0.4, 0.5) is 5.69 Å². The lowest BCUT2D eigenvalue weighted by atomic mass is 9.71. The van der Waals surface area contributed by atoms with Crippen molar-refractivity contribution in [3.63, 3.8) is 0 Å². The summed E-state index contributed by atoms with van der Waals surface area (Å²) in [6, 6.07) is 15.2. The summed E-state index contributed by atoms with van der Waals surface area (Å²) >= 11 is 0. The van der Waals surface area contributed by atoms with Gasteiger partial charge in [0.15, 0.2) is 0 Å². The highest BCUT2D eigenvalue weighted by atomic mass is 16.4. The second-order valence-electron chi connectivity index (χ2n) is 7.87. The van der Waals surface area contributed by atoms with E-state index >= 15 is 0 Å². The molecule has 3 rings (SSSR count). The third-order valence-corrected chi connectivity index (χ3v) is 4.79. The molecule has 0 aliphatic carbocycles. The lowest BCUT2D eigenvalue weighted by Crippen LogP contribution is -2.49. The van der Waals surface area contributed by atoms with E-state index in [0.717, 1.165) is 17.7 Å². The Kier molecular flexibility index (Phi) is 4.15. The van der Waals surface area contributed by atoms with Gasteiger partial charge < -0.3 is 5.11 Å². The zero-order valence-corrected chi connectivity index (χ0v) is 15.2. The molecule has 0 saturated heterocycles. The molecule has 130 valence electrons. The average Bonchev–Trinajstić information content (AvgIpc) is 2.54. The highest BCUT2D eigenvalue weighted by Crippen LogP contribution is 2.46. The van der Waals surface area contributed by atoms with Crippen LogP contribution in [-0.4, -0.2) is 22.8 Å². The van der Waals surface area contributed by atoms with Crippen molar-refractivity contribution in [1.29, 1.82) is 0 Å². The van der Waals surface area contributed by atoms with Crippen LogP contribution in [0.1, 0.15) is 55.6 Å². The van der Waals surface area contributed by atoms with Crippen molar-refractivity contribution in [3.05, 3.63) is 65.2 Å². The van der Waals surface area contributed by atoms with E-state index in [4.69, 9.17) is 10.2 Å². The van der Waals surface area contributed by atoms with Gasteiger partial charge in [-0.05, 0) is 55.0 Å². The summed E-state index contributed by atoms with van der Waals surface area (Å²) in [6.45, 7) is 8.96. The quantitative estimate of drug-likeness (QED) is 0.828. The second kappa shape index (κ2) is 6.03. The summed E-state index contributed by atoms with van der Waals surface area (Å²) in [6.07, 6.45) is 2.79. The Bertz CT molecular complexity index is 820. The highest BCUT2D eigenvalue weighted by molar-refractivity contribution is 5.89. The van der Waals surface area contributed by atoms with Crippen molar-refractivity contribution in [2.24, 2.45) is 5.10 Å². The van der Waals surface area contributed by atoms with Gasteiger partial charge in [0.25, 0.3) is 0 Å². The number of hydrazone groups is 1. The summed E-state index contributed by atoms with van der Waals surface area (Å²) in [5, 5.41) is 15.8. The zero-order valence-electron chi connectivity index (χ0n) is 15.2. The number of hydrogen-bond acceptors (Lipinski definition) is 3. The number of carbonyl (C=O) groups is 1. The van der Waals surface area contributed by atoms with Gasteiger partial charge in [-0.3, -0.25) is 5.01 Å². The van der Waals surface area contributed by atoms with Gasteiger partial charge in [0, 0.05) is 0 Å². The smallest absolute Gasteiger partial charge is 0.335 e. The Balaban J connectivity index is 1.96. The van der Waals surface area contributed by atoms with Crippen LogP contribution >= 0.6 is 0 Å². The maximum Gasteiger partial charge on any atom is 0.335 e. The molecule has 0 radical (unpaired) electrons. The molecular weight excluding hydrogens is 312 g/mol. The van der Waals surface area contributed by atoms with Gasteiger partial charge in [-0.1, -0.05) is 44.2 Å². The SMILES string of the molecule is CC1(C)CC(C)(C)N(N=Cc2ccc(C(=O)O)cc2)c2ccccc21. The number of fused-ring (bicyclic) bond motifs is 1. The highest BCUT2D eigenvalue weighted by Gasteiger charge is 2.42. The van der Waals surface area contributed by atoms with Gasteiger partial charge in [0.1, 0.15) is 0 Å². The van der Waals surface area contributed by atoms with Crippen molar-refractivity contribution in [2.45, 2.75) is 45.1 Å². The number of anilines is 1. The Morgan fingerprint density at radius 3 is 2.36 bits per heavy atom. The van der Waals surface area contributed by atoms with Crippen LogP contribution < -0.4 is 5.01 Å². The Labute approximate surface area is 148 Å². The monoisotopic (exact) mass is 336 g/mol. The first kappa shape index (κ1) is 17.2. The number of benzene rings is 2. The topological polar surface area (TPSA) is 52.9 Å². The van der Waals surface area contributed by atoms with Crippen LogP contribution in [0.25, 0.3) is 0 Å². The summed E-state index contributed by atoms with van der Waals surface area (Å²) in [5.74, 6) is -0.920. The van der Waals surface area contributed by atoms with Crippen molar-refractivity contribution in [1.82, 2.24) is 0 Å². The molecule has 1 aliphatic rings. The van der Waals surface area contributed by atoms with Crippen molar-refractivity contribution >= 4 is 17.9 Å². The molecule has 0 amide bonds. The molecule has 0 saturated carbocycles. The van der Waals surface area contributed by atoms with Crippen LogP contribution in [-0.2, 0) is 5.41 Å². The lowest BCUT2D eigenvalue weighted by molar-refractivity contribution is 0.0697. The molecule has 1 N–H and O–H groups in total. The van der Waals surface area contributed by atoms with E-state index in [1.165, 1.54) is 5.56 Å². The predicted molar refractivity (Wildman–Crippen MR) is 102 cm³/mol. The maximum absolute atomic E-state index is 11.0. The van der Waals surface area contributed by atoms with E-state index in [0.29, 0.717) is 0 Å². The summed E-state index contributed by atoms with van der Waals surface area (Å²) in [5.41, 5.74) is 3.56. The van der Waals surface area contributed by atoms with Crippen LogP contribution in [0.2, 0.25) is 0 Å². The minimum atomic E-state index is -0.920. The van der Waals surface area contributed by atoms with Gasteiger partial charge in [-0.2, -0.15) is 5.10 Å². The van der Waals surface area contributed by atoms with Crippen molar-refractivity contribution < 1.29 is 9.90 Å². The van der Waals surface area contributed by atoms with Gasteiger partial charge in [-0.15, -0.1) is 0 Å². The van der Waals surface area contributed by atoms with E-state index in [1.807, 2.05) is 6.07 Å². The van der Waals surface area contributed by atoms with Gasteiger partial charge in [0.2, 0.25) is 0 Å². The van der Waals surface area contributed by atoms with Gasteiger partial charge in [-0.25, -0.2) is 4.79 Å². The number of carboxylic acids is 1. The number of para-hydroxylation sites is 1. The third kappa shape index (κ3) is 3.29. The maximum atomic E-state index is 11.0. The van der Waals surface area contributed by atoms with Gasteiger partial charge in [0.05, 0.1) is 23.0 Å². The molecule has 1 heterocycles. The van der Waals surface area contributed by atoms with Crippen LogP contribution in [0.15, 0.2) is 53.6 Å². The molecule has 2 aromatic rings. The predicted octanol–water partition coefficient (Wildman–Crippen LogP) is 4.69. The largest absolute Gasteiger partial charge is 0.478 e. The van der Waals surface area contributed by atoms with E-state index in [-0.39, 0.29) is 16.5 Å². The molecular formula is C21H24N2O2. The molecule has 0 spiro atoms. The van der Waals surface area contributed by atoms with Crippen molar-refractivity contribution in [3.8, 4) is 0 Å². The van der Waals surface area contributed by atoms with E-state index in [2.05, 4.69) is 50.9 Å². The summed E-state index contributed by atoms with van der Waals surface area (Å²) in [7, 11) is 0. The Hall–Kier alpha value is -2.62. The fourth-order valence-corrected chi connectivity index (χ4v) is 3.86. The molecule has 0 aromatic heterocycles. The zero-order chi connectivity index (χ0) is 18.2. The summed E-state index contributed by atoms with van der Waals surface area (Å²) < 4.78 is 0. The molecule has 4 nitrogen and oxygen atoms in total. The van der Waals surface area contributed by atoms with Gasteiger partial charge >= 0.3 is 5.97 Å². The first-order valence-corrected chi connectivity index (χ1v) is 8.48. The molecule has 0 fully saturated rings. The lowest BCUT2D eigenvalue weighted by Gasteiger charge is -2.48. The van der Waals surface area contributed by atoms with E-state index in [1.54, 1.807) is 30.5 Å². The average molecular weight is 336 g/mol. The number of hydrogen-bond donors (Lipinski definition) is 1. The number of rotatable bonds is 3. The third-order valence-electron chi connectivity index (χ3n) is 4.79. The standard InChI is InChI=1S/C21H24N2O2/c1-20(2)14-21(3,4)23(18-8-6-5-7-17(18)20)22-13-15-9-11-16(12-10-15)19(24)25/h5-13H,14H2,1-4H3,(H,24,25). The molecule has 0 atom stereocenters. The molecule has 2 aromatic carbocycles.